The van der Waals surface area contributed by atoms with E-state index in [1.54, 1.807) is 11.8 Å². The second-order valence-electron chi connectivity index (χ2n) is 5.94. The first-order valence-electron chi connectivity index (χ1n) is 7.92. The number of rotatable bonds is 9. The van der Waals surface area contributed by atoms with E-state index >= 15 is 0 Å². The number of hydrogen-bond acceptors (Lipinski definition) is 4. The van der Waals surface area contributed by atoms with Crippen LogP contribution in [0.4, 0.5) is 0 Å². The smallest absolute Gasteiger partial charge is 0.211 e. The van der Waals surface area contributed by atoms with Crippen molar-refractivity contribution in [2.75, 3.05) is 18.6 Å². The fraction of sp³-hybridized carbons (Fsp3) is 0.562. The number of thioether (sulfide) groups is 1. The Balaban J connectivity index is 2.08. The average molecular weight is 356 g/mol. The minimum absolute atomic E-state index is 0.155. The quantitative estimate of drug-likeness (QED) is 0.554. The minimum atomic E-state index is -3.12. The number of fused-ring (bicyclic) bond motifs is 1. The van der Waals surface area contributed by atoms with Crippen molar-refractivity contribution >= 4 is 32.8 Å². The molecule has 0 saturated heterocycles. The van der Waals surface area contributed by atoms with E-state index in [9.17, 15) is 8.42 Å². The second kappa shape index (κ2) is 8.17. The van der Waals surface area contributed by atoms with E-state index < -0.39 is 10.0 Å². The third-order valence-corrected chi connectivity index (χ3v) is 6.16. The molecule has 0 fully saturated rings. The van der Waals surface area contributed by atoms with Gasteiger partial charge in [-0.05, 0) is 37.9 Å². The van der Waals surface area contributed by atoms with Gasteiger partial charge < -0.3 is 4.57 Å². The summed E-state index contributed by atoms with van der Waals surface area (Å²) >= 11 is 1.64. The van der Waals surface area contributed by atoms with Crippen LogP contribution in [0.25, 0.3) is 11.0 Å². The standard InChI is InChI=1S/C16H25N3O2S2/c1-13(2)9-10-19-15-8-5-4-7-14(15)18-16(19)22-11-6-12-23(20,21)17-3/h4-5,7-8,13,17H,6,9-12H2,1-3H3. The van der Waals surface area contributed by atoms with Crippen LogP contribution < -0.4 is 4.72 Å². The lowest BCUT2D eigenvalue weighted by Crippen LogP contribution is -2.22. The number of para-hydroxylation sites is 2. The number of sulfonamides is 1. The third-order valence-electron chi connectivity index (χ3n) is 3.65. The van der Waals surface area contributed by atoms with Crippen molar-refractivity contribution in [3.05, 3.63) is 24.3 Å². The van der Waals surface area contributed by atoms with Crippen LogP contribution in [0.3, 0.4) is 0 Å². The van der Waals surface area contributed by atoms with Crippen LogP contribution in [0.2, 0.25) is 0 Å². The lowest BCUT2D eigenvalue weighted by molar-refractivity contribution is 0.503. The first-order valence-corrected chi connectivity index (χ1v) is 10.6. The molecular formula is C16H25N3O2S2. The number of benzene rings is 1. The molecule has 0 unspecified atom stereocenters. The van der Waals surface area contributed by atoms with Crippen molar-refractivity contribution in [1.82, 2.24) is 14.3 Å². The Hall–Kier alpha value is -1.05. The normalized spacial score (nSPS) is 12.3. The topological polar surface area (TPSA) is 64.0 Å². The molecule has 7 heteroatoms. The largest absolute Gasteiger partial charge is 0.319 e. The van der Waals surface area contributed by atoms with E-state index in [0.29, 0.717) is 12.3 Å². The van der Waals surface area contributed by atoms with Crippen molar-refractivity contribution in [1.29, 1.82) is 0 Å². The molecule has 1 heterocycles. The molecule has 0 bridgehead atoms. The van der Waals surface area contributed by atoms with Gasteiger partial charge in [-0.25, -0.2) is 18.1 Å². The molecule has 23 heavy (non-hydrogen) atoms. The molecule has 1 aromatic heterocycles. The highest BCUT2D eigenvalue weighted by molar-refractivity contribution is 7.99. The van der Waals surface area contributed by atoms with Crippen LogP contribution >= 0.6 is 11.8 Å². The SMILES string of the molecule is CNS(=O)(=O)CCCSc1nc2ccccc2n1CCC(C)C. The summed E-state index contributed by atoms with van der Waals surface area (Å²) in [7, 11) is -1.67. The molecule has 5 nitrogen and oxygen atoms in total. The summed E-state index contributed by atoms with van der Waals surface area (Å²) in [4.78, 5) is 4.71. The van der Waals surface area contributed by atoms with E-state index in [1.807, 2.05) is 18.2 Å². The predicted molar refractivity (Wildman–Crippen MR) is 97.4 cm³/mol. The van der Waals surface area contributed by atoms with E-state index in [4.69, 9.17) is 4.98 Å². The highest BCUT2D eigenvalue weighted by Crippen LogP contribution is 2.25. The number of hydrogen-bond donors (Lipinski definition) is 1. The second-order valence-corrected chi connectivity index (χ2v) is 9.05. The average Bonchev–Trinajstić information content (AvgIpc) is 2.87. The van der Waals surface area contributed by atoms with Gasteiger partial charge in [0.25, 0.3) is 0 Å². The molecule has 0 saturated carbocycles. The summed E-state index contributed by atoms with van der Waals surface area (Å²) in [5.74, 6) is 1.53. The Morgan fingerprint density at radius 3 is 2.74 bits per heavy atom. The molecule has 2 rings (SSSR count). The monoisotopic (exact) mass is 355 g/mol. The summed E-state index contributed by atoms with van der Waals surface area (Å²) in [6.45, 7) is 5.37. The highest BCUT2D eigenvalue weighted by Gasteiger charge is 2.12. The zero-order valence-electron chi connectivity index (χ0n) is 13.9. The molecule has 0 spiro atoms. The van der Waals surface area contributed by atoms with Gasteiger partial charge in [-0.15, -0.1) is 0 Å². The van der Waals surface area contributed by atoms with E-state index in [2.05, 4.69) is 29.2 Å². The Kier molecular flexibility index (Phi) is 6.50. The Labute approximate surface area is 142 Å². The van der Waals surface area contributed by atoms with Gasteiger partial charge in [0.15, 0.2) is 5.16 Å². The lowest BCUT2D eigenvalue weighted by Gasteiger charge is -2.10. The maximum absolute atomic E-state index is 11.5. The van der Waals surface area contributed by atoms with Gasteiger partial charge in [0.1, 0.15) is 0 Å². The van der Waals surface area contributed by atoms with Crippen molar-refractivity contribution in [3.63, 3.8) is 0 Å². The lowest BCUT2D eigenvalue weighted by atomic mass is 10.1. The minimum Gasteiger partial charge on any atom is -0.319 e. The first kappa shape index (κ1) is 18.3. The number of aryl methyl sites for hydroxylation is 1. The summed E-state index contributed by atoms with van der Waals surface area (Å²) in [6.07, 6.45) is 1.71. The van der Waals surface area contributed by atoms with Crippen LogP contribution in [0.5, 0.6) is 0 Å². The van der Waals surface area contributed by atoms with Gasteiger partial charge in [0.05, 0.1) is 16.8 Å². The summed E-state index contributed by atoms with van der Waals surface area (Å²) < 4.78 is 27.5. The number of imidazole rings is 1. The van der Waals surface area contributed by atoms with Crippen LogP contribution in [-0.4, -0.2) is 36.5 Å². The van der Waals surface area contributed by atoms with Gasteiger partial charge in [-0.1, -0.05) is 37.7 Å². The van der Waals surface area contributed by atoms with E-state index in [-0.39, 0.29) is 5.75 Å². The third kappa shape index (κ3) is 5.22. The maximum atomic E-state index is 11.5. The molecule has 1 N–H and O–H groups in total. The Morgan fingerprint density at radius 2 is 2.04 bits per heavy atom. The summed E-state index contributed by atoms with van der Waals surface area (Å²) in [5, 5.41) is 0.980. The summed E-state index contributed by atoms with van der Waals surface area (Å²) in [6, 6.07) is 8.15. The molecule has 1 aromatic carbocycles. The zero-order chi connectivity index (χ0) is 16.9. The fourth-order valence-corrected chi connectivity index (χ4v) is 4.17. The molecule has 128 valence electrons. The van der Waals surface area contributed by atoms with Crippen LogP contribution in [0, 0.1) is 5.92 Å². The number of nitrogens with one attached hydrogen (secondary N) is 1. The molecule has 0 amide bonds. The van der Waals surface area contributed by atoms with Crippen molar-refractivity contribution in [2.24, 2.45) is 5.92 Å². The van der Waals surface area contributed by atoms with Gasteiger partial charge in [0.2, 0.25) is 10.0 Å². The zero-order valence-corrected chi connectivity index (χ0v) is 15.6. The molecule has 0 aliphatic carbocycles. The molecule has 2 aromatic rings. The van der Waals surface area contributed by atoms with Crippen molar-refractivity contribution < 1.29 is 8.42 Å². The van der Waals surface area contributed by atoms with Crippen molar-refractivity contribution in [3.8, 4) is 0 Å². The number of aromatic nitrogens is 2. The molecule has 0 atom stereocenters. The molecule has 0 aliphatic rings. The Bertz CT molecular complexity index is 739. The highest BCUT2D eigenvalue weighted by atomic mass is 32.2. The molecule has 0 radical (unpaired) electrons. The van der Waals surface area contributed by atoms with E-state index in [1.165, 1.54) is 7.05 Å². The summed E-state index contributed by atoms with van der Waals surface area (Å²) in [5.41, 5.74) is 2.15. The van der Waals surface area contributed by atoms with Crippen LogP contribution in [0.1, 0.15) is 26.7 Å². The molecule has 0 aliphatic heterocycles. The van der Waals surface area contributed by atoms with Gasteiger partial charge >= 0.3 is 0 Å². The van der Waals surface area contributed by atoms with E-state index in [0.717, 1.165) is 34.9 Å². The molecular weight excluding hydrogens is 330 g/mol. The van der Waals surface area contributed by atoms with Gasteiger partial charge in [0, 0.05) is 12.3 Å². The van der Waals surface area contributed by atoms with Crippen molar-refractivity contribution in [2.45, 2.75) is 38.4 Å². The van der Waals surface area contributed by atoms with Crippen LogP contribution in [-0.2, 0) is 16.6 Å². The predicted octanol–water partition coefficient (Wildman–Crippen LogP) is 3.11. The van der Waals surface area contributed by atoms with Gasteiger partial charge in [-0.3, -0.25) is 0 Å². The fourth-order valence-electron chi connectivity index (χ4n) is 2.28. The van der Waals surface area contributed by atoms with Crippen LogP contribution in [0.15, 0.2) is 29.4 Å². The maximum Gasteiger partial charge on any atom is 0.211 e. The van der Waals surface area contributed by atoms with Gasteiger partial charge in [-0.2, -0.15) is 0 Å². The number of nitrogens with zero attached hydrogens (tertiary/aromatic N) is 2. The first-order chi connectivity index (χ1) is 10.9. The Morgan fingerprint density at radius 1 is 1.30 bits per heavy atom.